The van der Waals surface area contributed by atoms with Gasteiger partial charge in [0.05, 0.1) is 0 Å². The normalized spacial score (nSPS) is 11.8. The van der Waals surface area contributed by atoms with E-state index in [1.165, 1.54) is 212 Å². The van der Waals surface area contributed by atoms with Crippen molar-refractivity contribution in [2.75, 3.05) is 13.2 Å². The van der Waals surface area contributed by atoms with E-state index in [4.69, 9.17) is 14.2 Å². The van der Waals surface area contributed by atoms with Gasteiger partial charge in [-0.15, -0.1) is 0 Å². The highest BCUT2D eigenvalue weighted by Crippen LogP contribution is 2.17. The van der Waals surface area contributed by atoms with E-state index in [9.17, 15) is 14.4 Å². The monoisotopic (exact) mass is 849 g/mol. The van der Waals surface area contributed by atoms with Crippen LogP contribution in [0.25, 0.3) is 0 Å². The minimum atomic E-state index is -0.757. The molecule has 6 heteroatoms. The second kappa shape index (κ2) is 50.1. The molecule has 0 aliphatic heterocycles. The summed E-state index contributed by atoms with van der Waals surface area (Å²) in [6, 6.07) is 0. The van der Waals surface area contributed by atoms with E-state index < -0.39 is 6.10 Å². The zero-order valence-corrected chi connectivity index (χ0v) is 40.8. The van der Waals surface area contributed by atoms with E-state index in [1.54, 1.807) is 0 Å². The molecule has 0 heterocycles. The Hall–Kier alpha value is -1.59. The molecule has 1 unspecified atom stereocenters. The van der Waals surface area contributed by atoms with Crippen molar-refractivity contribution in [1.29, 1.82) is 0 Å². The van der Waals surface area contributed by atoms with Gasteiger partial charge in [-0.2, -0.15) is 0 Å². The molecule has 0 rings (SSSR count). The first kappa shape index (κ1) is 58.4. The highest BCUT2D eigenvalue weighted by Gasteiger charge is 2.19. The molecule has 0 N–H and O–H groups in total. The Labute approximate surface area is 374 Å². The Balaban J connectivity index is 3.90. The molecule has 0 aromatic rings. The van der Waals surface area contributed by atoms with E-state index in [1.807, 2.05) is 0 Å². The molecule has 0 spiro atoms. The van der Waals surface area contributed by atoms with Crippen molar-refractivity contribution in [3.63, 3.8) is 0 Å². The van der Waals surface area contributed by atoms with E-state index in [2.05, 4.69) is 20.8 Å². The van der Waals surface area contributed by atoms with Crippen LogP contribution in [0, 0.1) is 0 Å². The third-order valence-electron chi connectivity index (χ3n) is 12.4. The zero-order valence-electron chi connectivity index (χ0n) is 40.8. The molecule has 60 heavy (non-hydrogen) atoms. The van der Waals surface area contributed by atoms with Crippen molar-refractivity contribution in [2.24, 2.45) is 0 Å². The van der Waals surface area contributed by atoms with E-state index >= 15 is 0 Å². The Morgan fingerprint density at radius 3 is 0.667 bits per heavy atom. The van der Waals surface area contributed by atoms with Crippen LogP contribution < -0.4 is 0 Å². The van der Waals surface area contributed by atoms with E-state index in [-0.39, 0.29) is 31.1 Å². The minimum absolute atomic E-state index is 0.0634. The van der Waals surface area contributed by atoms with Gasteiger partial charge in [-0.3, -0.25) is 14.4 Å². The van der Waals surface area contributed by atoms with Crippen molar-refractivity contribution in [3.8, 4) is 0 Å². The molecule has 0 bridgehead atoms. The van der Waals surface area contributed by atoms with Crippen LogP contribution in [0.15, 0.2) is 0 Å². The van der Waals surface area contributed by atoms with E-state index in [0.29, 0.717) is 19.3 Å². The number of ether oxygens (including phenoxy) is 3. The maximum absolute atomic E-state index is 12.6. The van der Waals surface area contributed by atoms with Crippen molar-refractivity contribution in [3.05, 3.63) is 0 Å². The second-order valence-electron chi connectivity index (χ2n) is 18.5. The van der Waals surface area contributed by atoms with Crippen molar-refractivity contribution < 1.29 is 28.6 Å². The summed E-state index contributed by atoms with van der Waals surface area (Å²) >= 11 is 0. The molecular formula is C54H104O6. The lowest BCUT2D eigenvalue weighted by atomic mass is 10.0. The first-order valence-corrected chi connectivity index (χ1v) is 27.0. The smallest absolute Gasteiger partial charge is 0.306 e. The van der Waals surface area contributed by atoms with Crippen LogP contribution in [-0.2, 0) is 28.6 Å². The van der Waals surface area contributed by atoms with Gasteiger partial charge in [-0.25, -0.2) is 0 Å². The van der Waals surface area contributed by atoms with Crippen LogP contribution in [0.2, 0.25) is 0 Å². The lowest BCUT2D eigenvalue weighted by molar-refractivity contribution is -0.167. The van der Waals surface area contributed by atoms with Gasteiger partial charge >= 0.3 is 17.9 Å². The number of carbonyl (C=O) groups is 3. The van der Waals surface area contributed by atoms with Crippen LogP contribution in [0.5, 0.6) is 0 Å². The molecule has 0 aliphatic carbocycles. The molecule has 1 atom stereocenters. The van der Waals surface area contributed by atoms with Gasteiger partial charge < -0.3 is 14.2 Å². The fourth-order valence-corrected chi connectivity index (χ4v) is 8.27. The molecule has 6 nitrogen and oxygen atoms in total. The Kier molecular flexibility index (Phi) is 48.7. The van der Waals surface area contributed by atoms with Gasteiger partial charge in [0.25, 0.3) is 0 Å². The Morgan fingerprint density at radius 1 is 0.267 bits per heavy atom. The van der Waals surface area contributed by atoms with Crippen LogP contribution >= 0.6 is 0 Å². The summed E-state index contributed by atoms with van der Waals surface area (Å²) in [5.74, 6) is -0.859. The summed E-state index contributed by atoms with van der Waals surface area (Å²) in [5, 5.41) is 0. The van der Waals surface area contributed by atoms with Crippen LogP contribution in [0.3, 0.4) is 0 Å². The molecule has 0 fully saturated rings. The van der Waals surface area contributed by atoms with Crippen molar-refractivity contribution >= 4 is 17.9 Å². The SMILES string of the molecule is CCCCCCCCCCCCCCCCCCCCCCCCCCCCCC(=O)OCC(COC(=O)CCCCCCCC)OC(=O)CCCCCCCCCCC. The lowest BCUT2D eigenvalue weighted by Gasteiger charge is -2.18. The molecule has 0 aromatic carbocycles. The maximum atomic E-state index is 12.6. The molecule has 0 aromatic heterocycles. The standard InChI is InChI=1S/C54H104O6/c1-4-7-10-13-16-18-19-20-21-22-23-24-25-26-27-28-29-30-31-32-33-34-35-37-38-41-44-47-53(56)59-50-51(49-58-52(55)46-43-40-15-12-9-6-3)60-54(57)48-45-42-39-36-17-14-11-8-5-2/h51H,4-50H2,1-3H3. The first-order valence-electron chi connectivity index (χ1n) is 27.0. The molecule has 0 aliphatic rings. The maximum Gasteiger partial charge on any atom is 0.306 e. The van der Waals surface area contributed by atoms with Crippen molar-refractivity contribution in [1.82, 2.24) is 0 Å². The summed E-state index contributed by atoms with van der Waals surface area (Å²) in [4.78, 5) is 37.6. The Bertz CT molecular complexity index is 889. The van der Waals surface area contributed by atoms with Gasteiger partial charge in [0.2, 0.25) is 0 Å². The number of carbonyl (C=O) groups excluding carboxylic acids is 3. The molecule has 0 amide bonds. The number of hydrogen-bond donors (Lipinski definition) is 0. The van der Waals surface area contributed by atoms with Gasteiger partial charge in [0.1, 0.15) is 13.2 Å². The molecular weight excluding hydrogens is 745 g/mol. The number of esters is 3. The molecule has 356 valence electrons. The first-order chi connectivity index (χ1) is 29.5. The summed E-state index contributed by atoms with van der Waals surface area (Å²) in [6.45, 7) is 6.60. The number of hydrogen-bond acceptors (Lipinski definition) is 6. The highest BCUT2D eigenvalue weighted by atomic mass is 16.6. The van der Waals surface area contributed by atoms with Crippen LogP contribution in [0.1, 0.15) is 310 Å². The fourth-order valence-electron chi connectivity index (χ4n) is 8.27. The van der Waals surface area contributed by atoms with Gasteiger partial charge in [-0.05, 0) is 19.3 Å². The Morgan fingerprint density at radius 2 is 0.450 bits per heavy atom. The third-order valence-corrected chi connectivity index (χ3v) is 12.4. The van der Waals surface area contributed by atoms with Gasteiger partial charge in [0, 0.05) is 19.3 Å². The zero-order chi connectivity index (χ0) is 43.7. The highest BCUT2D eigenvalue weighted by molar-refractivity contribution is 5.71. The largest absolute Gasteiger partial charge is 0.462 e. The minimum Gasteiger partial charge on any atom is -0.462 e. The number of unbranched alkanes of at least 4 members (excludes halogenated alkanes) is 39. The molecule has 0 saturated heterocycles. The summed E-state index contributed by atoms with van der Waals surface area (Å²) in [7, 11) is 0. The van der Waals surface area contributed by atoms with Crippen molar-refractivity contribution in [2.45, 2.75) is 316 Å². The third kappa shape index (κ3) is 47.5. The second-order valence-corrected chi connectivity index (χ2v) is 18.5. The van der Waals surface area contributed by atoms with Gasteiger partial charge in [0.15, 0.2) is 6.10 Å². The lowest BCUT2D eigenvalue weighted by Crippen LogP contribution is -2.30. The topological polar surface area (TPSA) is 78.9 Å². The summed E-state index contributed by atoms with van der Waals surface area (Å²) in [6.07, 6.45) is 54.4. The summed E-state index contributed by atoms with van der Waals surface area (Å²) in [5.41, 5.74) is 0. The summed E-state index contributed by atoms with van der Waals surface area (Å²) < 4.78 is 16.7. The predicted octanol–water partition coefficient (Wildman–Crippen LogP) is 17.6. The number of rotatable bonds is 50. The van der Waals surface area contributed by atoms with Gasteiger partial charge in [-0.1, -0.05) is 271 Å². The average Bonchev–Trinajstić information content (AvgIpc) is 3.24. The van der Waals surface area contributed by atoms with Crippen LogP contribution in [0.4, 0.5) is 0 Å². The average molecular weight is 849 g/mol. The predicted molar refractivity (Wildman–Crippen MR) is 257 cm³/mol. The molecule has 0 saturated carbocycles. The quantitative estimate of drug-likeness (QED) is 0.0345. The fraction of sp³-hybridized carbons (Fsp3) is 0.944. The van der Waals surface area contributed by atoms with Crippen LogP contribution in [-0.4, -0.2) is 37.2 Å². The molecule has 0 radical (unpaired) electrons. The van der Waals surface area contributed by atoms with E-state index in [0.717, 1.165) is 57.8 Å².